The molecule has 5 nitrogen and oxygen atoms in total. The van der Waals surface area contributed by atoms with Crippen LogP contribution in [0.5, 0.6) is 0 Å². The maximum Gasteiger partial charge on any atom is 0.348 e. The summed E-state index contributed by atoms with van der Waals surface area (Å²) in [4.78, 5) is 13.7. The topological polar surface area (TPSA) is 87.0 Å². The Morgan fingerprint density at radius 1 is 1.12 bits per heavy atom. The Morgan fingerprint density at radius 3 is 2.50 bits per heavy atom. The number of benzene rings is 1. The molecular formula is C25H31Cl3O5S. The highest BCUT2D eigenvalue weighted by atomic mass is 35.5. The van der Waals surface area contributed by atoms with E-state index >= 15 is 0 Å². The molecule has 0 saturated heterocycles. The van der Waals surface area contributed by atoms with Crippen LogP contribution in [0.15, 0.2) is 30.3 Å². The number of rotatable bonds is 11. The molecule has 1 aliphatic rings. The van der Waals surface area contributed by atoms with Gasteiger partial charge in [0, 0.05) is 20.3 Å². The minimum absolute atomic E-state index is 0.0582. The van der Waals surface area contributed by atoms with Crippen molar-refractivity contribution in [1.29, 1.82) is 0 Å². The lowest BCUT2D eigenvalue weighted by atomic mass is 9.85. The Labute approximate surface area is 219 Å². The quantitative estimate of drug-likeness (QED) is 0.254. The van der Waals surface area contributed by atoms with Gasteiger partial charge in [0.15, 0.2) is 0 Å². The van der Waals surface area contributed by atoms with E-state index < -0.39 is 24.3 Å². The number of hydrogen-bond donors (Lipinski definition) is 3. The zero-order valence-electron chi connectivity index (χ0n) is 19.0. The molecule has 188 valence electrons. The number of halogens is 3. The summed E-state index contributed by atoms with van der Waals surface area (Å²) in [6.45, 7) is 1.20. The lowest BCUT2D eigenvalue weighted by Crippen LogP contribution is -2.28. The molecule has 0 aliphatic heterocycles. The Balaban J connectivity index is 1.49. The number of esters is 1. The van der Waals surface area contributed by atoms with Gasteiger partial charge in [-0.2, -0.15) is 0 Å². The van der Waals surface area contributed by atoms with Crippen molar-refractivity contribution in [3.8, 4) is 0 Å². The summed E-state index contributed by atoms with van der Waals surface area (Å²) in [5.41, 5.74) is 1.06. The molecule has 34 heavy (non-hydrogen) atoms. The van der Waals surface area contributed by atoms with E-state index in [2.05, 4.69) is 0 Å². The molecule has 6 atom stereocenters. The van der Waals surface area contributed by atoms with E-state index in [1.54, 1.807) is 12.1 Å². The van der Waals surface area contributed by atoms with Gasteiger partial charge in [0.2, 0.25) is 0 Å². The number of carbonyl (C=O) groups excluding carboxylic acids is 1. The van der Waals surface area contributed by atoms with Gasteiger partial charge in [-0.25, -0.2) is 4.79 Å². The number of hydrogen-bond acceptors (Lipinski definition) is 6. The van der Waals surface area contributed by atoms with Crippen molar-refractivity contribution in [3.63, 3.8) is 0 Å². The fourth-order valence-electron chi connectivity index (χ4n) is 4.53. The second kappa shape index (κ2) is 12.9. The summed E-state index contributed by atoms with van der Waals surface area (Å²) in [6, 6.07) is 9.16. The maximum atomic E-state index is 12.2. The van der Waals surface area contributed by atoms with E-state index in [0.29, 0.717) is 21.3 Å². The van der Waals surface area contributed by atoms with Crippen LogP contribution in [-0.2, 0) is 17.6 Å². The third-order valence-electron chi connectivity index (χ3n) is 6.43. The molecule has 0 spiro atoms. The summed E-state index contributed by atoms with van der Waals surface area (Å²) in [7, 11) is 0. The van der Waals surface area contributed by atoms with E-state index in [1.807, 2.05) is 18.2 Å². The molecule has 1 aliphatic carbocycles. The molecule has 1 saturated carbocycles. The Morgan fingerprint density at radius 2 is 1.82 bits per heavy atom. The highest BCUT2D eigenvalue weighted by molar-refractivity contribution is 7.13. The third-order valence-corrected chi connectivity index (χ3v) is 8.49. The molecule has 0 radical (unpaired) electrons. The number of thiophene rings is 1. The fraction of sp³-hybridized carbons (Fsp3) is 0.560. The molecule has 3 rings (SSSR count). The molecule has 0 amide bonds. The largest absolute Gasteiger partial charge is 0.459 e. The van der Waals surface area contributed by atoms with Crippen molar-refractivity contribution in [2.45, 2.75) is 69.1 Å². The number of carbonyl (C=O) groups is 1. The monoisotopic (exact) mass is 548 g/mol. The van der Waals surface area contributed by atoms with E-state index in [9.17, 15) is 20.1 Å². The number of aliphatic hydroxyl groups is 3. The van der Waals surface area contributed by atoms with Gasteiger partial charge in [0.25, 0.3) is 0 Å². The smallest absolute Gasteiger partial charge is 0.348 e. The minimum atomic E-state index is -1.10. The van der Waals surface area contributed by atoms with Gasteiger partial charge in [-0.15, -0.1) is 22.9 Å². The zero-order chi connectivity index (χ0) is 24.8. The van der Waals surface area contributed by atoms with Gasteiger partial charge in [-0.1, -0.05) is 23.2 Å². The van der Waals surface area contributed by atoms with Crippen molar-refractivity contribution in [3.05, 3.63) is 55.7 Å². The molecule has 9 heteroatoms. The molecule has 1 aromatic carbocycles. The van der Waals surface area contributed by atoms with Crippen LogP contribution in [0.2, 0.25) is 10.0 Å². The van der Waals surface area contributed by atoms with Crippen molar-refractivity contribution >= 4 is 52.1 Å². The lowest BCUT2D eigenvalue weighted by Gasteiger charge is -2.23. The standard InChI is InChI=1S/C25H31Cl3O5S/c1-14(29)23(31)13-33-25(32)24-8-6-18(34-24)3-2-4-19-20(22(30)12-21(19)28)7-5-15-9-16(26)11-17(27)10-15/h6,8-11,14,19-23,29-31H,2-5,7,12-13H2,1H3/t14?,19-,20-,21-,22-,23?/m1/s1. The molecule has 3 N–H and O–H groups in total. The van der Waals surface area contributed by atoms with E-state index in [0.717, 1.165) is 42.5 Å². The Bertz CT molecular complexity index is 930. The first kappa shape index (κ1) is 27.7. The van der Waals surface area contributed by atoms with E-state index in [4.69, 9.17) is 39.5 Å². The first-order valence-corrected chi connectivity index (χ1v) is 13.5. The van der Waals surface area contributed by atoms with E-state index in [-0.39, 0.29) is 23.8 Å². The number of aryl methyl sites for hydroxylation is 2. The van der Waals surface area contributed by atoms with Gasteiger partial charge in [-0.3, -0.25) is 0 Å². The van der Waals surface area contributed by atoms with Gasteiger partial charge in [-0.05, 0) is 93.2 Å². The first-order chi connectivity index (χ1) is 16.1. The third kappa shape index (κ3) is 7.82. The van der Waals surface area contributed by atoms with Crippen LogP contribution in [-0.4, -0.2) is 51.6 Å². The van der Waals surface area contributed by atoms with Crippen LogP contribution in [0.25, 0.3) is 0 Å². The molecule has 0 bridgehead atoms. The number of aliphatic hydroxyl groups excluding tert-OH is 3. The SMILES string of the molecule is CC(O)C(O)COC(=O)c1ccc(CCC[C@@H]2[C@@H](CCc3cc(Cl)cc(Cl)c3)[C@H](O)C[C@H]2Cl)s1. The summed E-state index contributed by atoms with van der Waals surface area (Å²) in [6.07, 6.45) is 2.32. The van der Waals surface area contributed by atoms with Gasteiger partial charge in [0.05, 0.1) is 12.2 Å². The second-order valence-corrected chi connectivity index (χ2v) is 11.6. The summed E-state index contributed by atoms with van der Waals surface area (Å²) < 4.78 is 5.07. The van der Waals surface area contributed by atoms with E-state index in [1.165, 1.54) is 18.3 Å². The van der Waals surface area contributed by atoms with Crippen LogP contribution >= 0.6 is 46.1 Å². The molecule has 1 aromatic heterocycles. The fourth-order valence-corrected chi connectivity index (χ4v) is 6.54. The average Bonchev–Trinajstić information content (AvgIpc) is 3.34. The molecule has 1 fully saturated rings. The normalized spacial score (nSPS) is 24.2. The Hall–Kier alpha value is -0.860. The summed E-state index contributed by atoms with van der Waals surface area (Å²) in [5, 5.41) is 30.6. The molecule has 2 unspecified atom stereocenters. The average molecular weight is 550 g/mol. The molecular weight excluding hydrogens is 519 g/mol. The molecule has 1 heterocycles. The predicted molar refractivity (Wildman–Crippen MR) is 137 cm³/mol. The van der Waals surface area contributed by atoms with Crippen molar-refractivity contribution in [1.82, 2.24) is 0 Å². The molecule has 2 aromatic rings. The van der Waals surface area contributed by atoms with Crippen molar-refractivity contribution in [2.75, 3.05) is 6.61 Å². The lowest BCUT2D eigenvalue weighted by molar-refractivity contribution is -0.0199. The van der Waals surface area contributed by atoms with Gasteiger partial charge >= 0.3 is 5.97 Å². The number of alkyl halides is 1. The van der Waals surface area contributed by atoms with Crippen LogP contribution in [0.1, 0.15) is 52.7 Å². The van der Waals surface area contributed by atoms with Crippen molar-refractivity contribution < 1.29 is 24.9 Å². The second-order valence-electron chi connectivity index (χ2n) is 9.03. The maximum absolute atomic E-state index is 12.2. The Kier molecular flexibility index (Phi) is 10.5. The highest BCUT2D eigenvalue weighted by Crippen LogP contribution is 2.42. The summed E-state index contributed by atoms with van der Waals surface area (Å²) >= 11 is 20.2. The van der Waals surface area contributed by atoms with Crippen LogP contribution in [0, 0.1) is 11.8 Å². The predicted octanol–water partition coefficient (Wildman–Crippen LogP) is 5.51. The van der Waals surface area contributed by atoms with Crippen molar-refractivity contribution in [2.24, 2.45) is 11.8 Å². The van der Waals surface area contributed by atoms with Crippen LogP contribution in [0.3, 0.4) is 0 Å². The van der Waals surface area contributed by atoms with Crippen LogP contribution in [0.4, 0.5) is 0 Å². The number of ether oxygens (including phenoxy) is 1. The van der Waals surface area contributed by atoms with Gasteiger partial charge in [0.1, 0.15) is 17.6 Å². The zero-order valence-corrected chi connectivity index (χ0v) is 22.1. The minimum Gasteiger partial charge on any atom is -0.459 e. The first-order valence-electron chi connectivity index (χ1n) is 11.5. The highest BCUT2D eigenvalue weighted by Gasteiger charge is 2.40. The summed E-state index contributed by atoms with van der Waals surface area (Å²) in [5.74, 6) is -0.163. The van der Waals surface area contributed by atoms with Gasteiger partial charge < -0.3 is 20.1 Å². The van der Waals surface area contributed by atoms with Crippen LogP contribution < -0.4 is 0 Å².